The molecule has 3 nitrogen and oxygen atoms in total. The van der Waals surface area contributed by atoms with Gasteiger partial charge in [-0.15, -0.1) is 0 Å². The van der Waals surface area contributed by atoms with Crippen LogP contribution in [-0.4, -0.2) is 29.3 Å². The molecule has 0 amide bonds. The Balaban J connectivity index is 2.47. The Hall–Kier alpha value is -0.605. The lowest BCUT2D eigenvalue weighted by Crippen LogP contribution is -2.30. The molecule has 0 unspecified atom stereocenters. The minimum atomic E-state index is 0.353. The van der Waals surface area contributed by atoms with Gasteiger partial charge in [-0.2, -0.15) is 0 Å². The van der Waals surface area contributed by atoms with Crippen molar-refractivity contribution in [2.45, 2.75) is 26.3 Å². The summed E-state index contributed by atoms with van der Waals surface area (Å²) in [7, 11) is 5.76. The Morgan fingerprint density at radius 1 is 1.50 bits per heavy atom. The van der Waals surface area contributed by atoms with Crippen LogP contribution in [0.2, 0.25) is 5.28 Å². The molecule has 1 aromatic rings. The van der Waals surface area contributed by atoms with Crippen LogP contribution in [0.15, 0.2) is 0 Å². The third-order valence-corrected chi connectivity index (χ3v) is 2.65. The number of hydrogen-bond donors (Lipinski definition) is 0. The zero-order chi connectivity index (χ0) is 10.1. The SMILES string of the molecule is [B]N1CCc2nc(Cl)nc(CC)c2C1. The minimum absolute atomic E-state index is 0.353. The molecule has 0 fully saturated rings. The van der Waals surface area contributed by atoms with Crippen molar-refractivity contribution in [3.05, 3.63) is 22.2 Å². The van der Waals surface area contributed by atoms with E-state index >= 15 is 0 Å². The Morgan fingerprint density at radius 3 is 3.00 bits per heavy atom. The molecule has 2 heterocycles. The van der Waals surface area contributed by atoms with E-state index in [2.05, 4.69) is 16.9 Å². The smallest absolute Gasteiger partial charge is 0.222 e. The van der Waals surface area contributed by atoms with Gasteiger partial charge in [-0.05, 0) is 24.6 Å². The molecule has 72 valence electrons. The van der Waals surface area contributed by atoms with Crippen LogP contribution in [0.25, 0.3) is 0 Å². The highest BCUT2D eigenvalue weighted by Crippen LogP contribution is 2.20. The standard InChI is InChI=1S/C9H11BClN3/c1-2-7-6-5-14(10)4-3-8(6)13-9(11)12-7/h2-5H2,1H3. The van der Waals surface area contributed by atoms with E-state index in [0.29, 0.717) is 5.28 Å². The first-order valence-electron chi connectivity index (χ1n) is 4.74. The number of fused-ring (bicyclic) bond motifs is 1. The molecule has 0 N–H and O–H groups in total. The van der Waals surface area contributed by atoms with Crippen molar-refractivity contribution < 1.29 is 0 Å². The quantitative estimate of drug-likeness (QED) is 0.511. The van der Waals surface area contributed by atoms with E-state index in [-0.39, 0.29) is 0 Å². The summed E-state index contributed by atoms with van der Waals surface area (Å²) in [6, 6.07) is 0. The van der Waals surface area contributed by atoms with Gasteiger partial charge in [0.15, 0.2) is 7.98 Å². The van der Waals surface area contributed by atoms with Crippen LogP contribution in [0.4, 0.5) is 0 Å². The molecule has 2 rings (SSSR count). The Morgan fingerprint density at radius 2 is 2.29 bits per heavy atom. The van der Waals surface area contributed by atoms with Crippen LogP contribution >= 0.6 is 11.6 Å². The maximum atomic E-state index is 5.83. The number of hydrogen-bond acceptors (Lipinski definition) is 3. The molecule has 1 aliphatic rings. The van der Waals surface area contributed by atoms with Crippen LogP contribution < -0.4 is 0 Å². The maximum absolute atomic E-state index is 5.83. The van der Waals surface area contributed by atoms with Crippen molar-refractivity contribution in [2.75, 3.05) is 6.54 Å². The van der Waals surface area contributed by atoms with Gasteiger partial charge in [0.05, 0.1) is 5.69 Å². The van der Waals surface area contributed by atoms with E-state index < -0.39 is 0 Å². The molecule has 2 radical (unpaired) electrons. The van der Waals surface area contributed by atoms with Gasteiger partial charge in [-0.1, -0.05) is 6.92 Å². The van der Waals surface area contributed by atoms with E-state index in [1.807, 2.05) is 0 Å². The first-order chi connectivity index (χ1) is 6.70. The van der Waals surface area contributed by atoms with E-state index in [0.717, 1.165) is 42.9 Å². The molecule has 0 saturated carbocycles. The molecule has 0 aliphatic carbocycles. The van der Waals surface area contributed by atoms with Crippen LogP contribution in [0.5, 0.6) is 0 Å². The van der Waals surface area contributed by atoms with E-state index in [1.54, 1.807) is 4.81 Å². The second kappa shape index (κ2) is 3.87. The molecule has 0 atom stereocenters. The van der Waals surface area contributed by atoms with Crippen LogP contribution in [0.3, 0.4) is 0 Å². The Labute approximate surface area is 89.9 Å². The van der Waals surface area contributed by atoms with Crippen molar-refractivity contribution in [2.24, 2.45) is 0 Å². The zero-order valence-corrected chi connectivity index (χ0v) is 8.88. The Bertz CT molecular complexity index is 339. The summed E-state index contributed by atoms with van der Waals surface area (Å²) in [5, 5.41) is 0.353. The summed E-state index contributed by atoms with van der Waals surface area (Å²) in [5.41, 5.74) is 3.24. The van der Waals surface area contributed by atoms with Gasteiger partial charge in [0.2, 0.25) is 5.28 Å². The number of halogens is 1. The number of nitrogens with zero attached hydrogens (tertiary/aromatic N) is 3. The fraction of sp³-hybridized carbons (Fsp3) is 0.556. The molecule has 0 bridgehead atoms. The highest BCUT2D eigenvalue weighted by molar-refractivity contribution is 6.28. The molecular weight excluding hydrogens is 196 g/mol. The van der Waals surface area contributed by atoms with E-state index in [4.69, 9.17) is 19.6 Å². The lowest BCUT2D eigenvalue weighted by atomic mass is 10.0. The molecular formula is C9H11BClN3. The first kappa shape index (κ1) is 9.93. The maximum Gasteiger partial charge on any atom is 0.222 e. The van der Waals surface area contributed by atoms with Crippen LogP contribution in [0.1, 0.15) is 23.9 Å². The second-order valence-corrected chi connectivity index (χ2v) is 3.78. The largest absolute Gasteiger partial charge is 0.349 e. The molecule has 0 saturated heterocycles. The van der Waals surface area contributed by atoms with Crippen molar-refractivity contribution in [3.63, 3.8) is 0 Å². The number of rotatable bonds is 1. The van der Waals surface area contributed by atoms with Crippen molar-refractivity contribution in [3.8, 4) is 0 Å². The highest BCUT2D eigenvalue weighted by Gasteiger charge is 2.18. The van der Waals surface area contributed by atoms with Gasteiger partial charge in [0, 0.05) is 24.2 Å². The summed E-state index contributed by atoms with van der Waals surface area (Å²) in [4.78, 5) is 10.2. The fourth-order valence-corrected chi connectivity index (χ4v) is 1.97. The van der Waals surface area contributed by atoms with Crippen LogP contribution in [0, 0.1) is 0 Å². The summed E-state index contributed by atoms with van der Waals surface area (Å²) in [5.74, 6) is 0. The average molecular weight is 207 g/mol. The third kappa shape index (κ3) is 1.77. The Kier molecular flexibility index (Phi) is 2.74. The minimum Gasteiger partial charge on any atom is -0.349 e. The summed E-state index contributed by atoms with van der Waals surface area (Å²) in [6.45, 7) is 3.63. The van der Waals surface area contributed by atoms with Gasteiger partial charge in [-0.25, -0.2) is 9.97 Å². The van der Waals surface area contributed by atoms with Crippen molar-refractivity contribution in [1.82, 2.24) is 14.8 Å². The van der Waals surface area contributed by atoms with Gasteiger partial charge < -0.3 is 4.81 Å². The van der Waals surface area contributed by atoms with E-state index in [9.17, 15) is 0 Å². The van der Waals surface area contributed by atoms with Gasteiger partial charge in [0.1, 0.15) is 0 Å². The van der Waals surface area contributed by atoms with E-state index in [1.165, 1.54) is 0 Å². The molecule has 5 heteroatoms. The molecule has 0 aromatic carbocycles. The van der Waals surface area contributed by atoms with Crippen LogP contribution in [-0.2, 0) is 19.4 Å². The van der Waals surface area contributed by atoms with Crippen molar-refractivity contribution >= 4 is 19.6 Å². The number of aromatic nitrogens is 2. The highest BCUT2D eigenvalue weighted by atomic mass is 35.5. The third-order valence-electron chi connectivity index (χ3n) is 2.48. The average Bonchev–Trinajstić information content (AvgIpc) is 2.17. The normalized spacial score (nSPS) is 16.7. The monoisotopic (exact) mass is 207 g/mol. The summed E-state index contributed by atoms with van der Waals surface area (Å²) < 4.78 is 0. The topological polar surface area (TPSA) is 29.0 Å². The van der Waals surface area contributed by atoms with Gasteiger partial charge in [-0.3, -0.25) is 0 Å². The molecule has 1 aromatic heterocycles. The lowest BCUT2D eigenvalue weighted by Gasteiger charge is -2.26. The fourth-order valence-electron chi connectivity index (χ4n) is 1.76. The number of aryl methyl sites for hydroxylation is 1. The predicted molar refractivity (Wildman–Crippen MR) is 56.3 cm³/mol. The predicted octanol–water partition coefficient (Wildman–Crippen LogP) is 1.13. The lowest BCUT2D eigenvalue weighted by molar-refractivity contribution is 0.417. The van der Waals surface area contributed by atoms with Crippen molar-refractivity contribution in [1.29, 1.82) is 0 Å². The molecule has 14 heavy (non-hydrogen) atoms. The zero-order valence-electron chi connectivity index (χ0n) is 8.13. The molecule has 0 spiro atoms. The second-order valence-electron chi connectivity index (χ2n) is 3.44. The van der Waals surface area contributed by atoms with Gasteiger partial charge >= 0.3 is 0 Å². The molecule has 1 aliphatic heterocycles. The summed E-state index contributed by atoms with van der Waals surface area (Å²) >= 11 is 5.83. The van der Waals surface area contributed by atoms with Gasteiger partial charge in [0.25, 0.3) is 0 Å². The summed E-state index contributed by atoms with van der Waals surface area (Å²) in [6.07, 6.45) is 1.74. The first-order valence-corrected chi connectivity index (χ1v) is 5.12.